The molecule has 2 aliphatic heterocycles. The molecule has 0 saturated carbocycles. The molecule has 1 aromatic heterocycles. The van der Waals surface area contributed by atoms with Crippen molar-refractivity contribution >= 4 is 11.6 Å². The molecule has 5 heteroatoms. The topological polar surface area (TPSA) is 56.7 Å². The third-order valence-corrected chi connectivity index (χ3v) is 6.64. The third kappa shape index (κ3) is 2.97. The molecule has 30 heavy (non-hydrogen) atoms. The molecule has 5 rings (SSSR count). The van der Waals surface area contributed by atoms with Crippen LogP contribution in [-0.2, 0) is 0 Å². The number of likely N-dealkylation sites (tertiary alicyclic amines) is 1. The van der Waals surface area contributed by atoms with Crippen LogP contribution in [0.25, 0.3) is 11.1 Å². The van der Waals surface area contributed by atoms with Gasteiger partial charge in [0.2, 0.25) is 0 Å². The predicted octanol–water partition coefficient (Wildman–Crippen LogP) is 3.76. The van der Waals surface area contributed by atoms with Gasteiger partial charge in [0.15, 0.2) is 0 Å². The normalized spacial score (nSPS) is 22.5. The molecule has 0 spiro atoms. The fourth-order valence-electron chi connectivity index (χ4n) is 5.15. The van der Waals surface area contributed by atoms with Crippen LogP contribution in [0.5, 0.6) is 0 Å². The predicted molar refractivity (Wildman–Crippen MR) is 117 cm³/mol. The SMILES string of the molecule is CN1c2ccc(-c3ccccc3)cc2[C@H]2[C@H](CCN2C(=O)c2ccncc2)[C@@H]1CO. The number of aliphatic hydroxyl groups excluding tert-OH is 1. The Balaban J connectivity index is 1.61. The summed E-state index contributed by atoms with van der Waals surface area (Å²) < 4.78 is 0. The second kappa shape index (κ2) is 7.58. The largest absolute Gasteiger partial charge is 0.394 e. The number of aromatic nitrogens is 1. The average molecular weight is 399 g/mol. The molecular weight excluding hydrogens is 374 g/mol. The minimum atomic E-state index is -0.0438. The Labute approximate surface area is 176 Å². The Hall–Kier alpha value is -3.18. The lowest BCUT2D eigenvalue weighted by atomic mass is 9.81. The van der Waals surface area contributed by atoms with Gasteiger partial charge in [-0.15, -0.1) is 0 Å². The van der Waals surface area contributed by atoms with Gasteiger partial charge in [0, 0.05) is 43.2 Å². The number of fused-ring (bicyclic) bond motifs is 3. The lowest BCUT2D eigenvalue weighted by molar-refractivity contribution is 0.0694. The molecule has 5 nitrogen and oxygen atoms in total. The van der Waals surface area contributed by atoms with Crippen molar-refractivity contribution in [1.82, 2.24) is 9.88 Å². The second-order valence-corrected chi connectivity index (χ2v) is 8.13. The van der Waals surface area contributed by atoms with Crippen molar-refractivity contribution in [2.75, 3.05) is 25.1 Å². The van der Waals surface area contributed by atoms with Crippen LogP contribution in [0.4, 0.5) is 5.69 Å². The van der Waals surface area contributed by atoms with Crippen molar-refractivity contribution in [3.8, 4) is 11.1 Å². The molecule has 0 unspecified atom stereocenters. The molecule has 2 aromatic carbocycles. The summed E-state index contributed by atoms with van der Waals surface area (Å²) in [6.07, 6.45) is 4.20. The number of benzene rings is 2. The Morgan fingerprint density at radius 1 is 1.07 bits per heavy atom. The number of aliphatic hydroxyl groups is 1. The van der Waals surface area contributed by atoms with E-state index in [0.29, 0.717) is 12.1 Å². The van der Waals surface area contributed by atoms with E-state index in [1.165, 1.54) is 0 Å². The van der Waals surface area contributed by atoms with Crippen LogP contribution in [0.3, 0.4) is 0 Å². The lowest BCUT2D eigenvalue weighted by Gasteiger charge is -2.44. The van der Waals surface area contributed by atoms with Crippen LogP contribution in [0.15, 0.2) is 73.1 Å². The molecule has 3 aromatic rings. The van der Waals surface area contributed by atoms with E-state index in [-0.39, 0.29) is 30.5 Å². The molecule has 152 valence electrons. The van der Waals surface area contributed by atoms with Gasteiger partial charge in [-0.1, -0.05) is 36.4 Å². The second-order valence-electron chi connectivity index (χ2n) is 8.13. The summed E-state index contributed by atoms with van der Waals surface area (Å²) in [6.45, 7) is 0.769. The van der Waals surface area contributed by atoms with Crippen LogP contribution in [-0.4, -0.2) is 47.1 Å². The molecule has 3 heterocycles. The van der Waals surface area contributed by atoms with E-state index in [0.717, 1.165) is 28.8 Å². The van der Waals surface area contributed by atoms with Crippen molar-refractivity contribution in [1.29, 1.82) is 0 Å². The van der Waals surface area contributed by atoms with Crippen LogP contribution in [0, 0.1) is 5.92 Å². The minimum Gasteiger partial charge on any atom is -0.394 e. The van der Waals surface area contributed by atoms with E-state index in [1.807, 2.05) is 30.1 Å². The Morgan fingerprint density at radius 2 is 1.83 bits per heavy atom. The van der Waals surface area contributed by atoms with E-state index in [2.05, 4.69) is 40.2 Å². The van der Waals surface area contributed by atoms with E-state index in [4.69, 9.17) is 0 Å². The van der Waals surface area contributed by atoms with Crippen molar-refractivity contribution in [2.24, 2.45) is 5.92 Å². The average Bonchev–Trinajstić information content (AvgIpc) is 3.25. The number of pyridine rings is 1. The molecule has 1 saturated heterocycles. The lowest BCUT2D eigenvalue weighted by Crippen LogP contribution is -2.48. The molecule has 0 radical (unpaired) electrons. The Bertz CT molecular complexity index is 1050. The number of carbonyl (C=O) groups excluding carboxylic acids is 1. The highest BCUT2D eigenvalue weighted by molar-refractivity contribution is 5.95. The summed E-state index contributed by atoms with van der Waals surface area (Å²) in [5.74, 6) is 0.228. The standard InChI is InChI=1S/C25H25N3O2/c1-27-22-8-7-19(17-5-3-2-4-6-17)15-21(22)24-20(23(27)16-29)11-14-28(24)25(30)18-9-12-26-13-10-18/h2-10,12-13,15,20,23-24,29H,11,14,16H2,1H3/t20-,23+,24-/m1/s1. The molecule has 2 aliphatic rings. The Kier molecular flexibility index (Phi) is 4.75. The summed E-state index contributed by atoms with van der Waals surface area (Å²) >= 11 is 0. The number of likely N-dealkylation sites (N-methyl/N-ethyl adjacent to an activating group) is 1. The van der Waals surface area contributed by atoms with Crippen molar-refractivity contribution in [2.45, 2.75) is 18.5 Å². The highest BCUT2D eigenvalue weighted by atomic mass is 16.3. The molecule has 0 bridgehead atoms. The number of hydrogen-bond acceptors (Lipinski definition) is 4. The summed E-state index contributed by atoms with van der Waals surface area (Å²) in [7, 11) is 2.05. The smallest absolute Gasteiger partial charge is 0.254 e. The van der Waals surface area contributed by atoms with Gasteiger partial charge in [0.25, 0.3) is 5.91 Å². The molecule has 1 amide bonds. The zero-order valence-corrected chi connectivity index (χ0v) is 17.0. The molecule has 1 N–H and O–H groups in total. The van der Waals surface area contributed by atoms with Crippen molar-refractivity contribution in [3.63, 3.8) is 0 Å². The monoisotopic (exact) mass is 399 g/mol. The van der Waals surface area contributed by atoms with Gasteiger partial charge in [0.05, 0.1) is 18.7 Å². The Morgan fingerprint density at radius 3 is 2.57 bits per heavy atom. The van der Waals surface area contributed by atoms with Gasteiger partial charge in [-0.3, -0.25) is 9.78 Å². The molecule has 3 atom stereocenters. The maximum atomic E-state index is 13.4. The van der Waals surface area contributed by atoms with Gasteiger partial charge in [-0.05, 0) is 47.4 Å². The summed E-state index contributed by atoms with van der Waals surface area (Å²) in [4.78, 5) is 21.6. The van der Waals surface area contributed by atoms with Crippen molar-refractivity contribution in [3.05, 3.63) is 84.2 Å². The summed E-state index contributed by atoms with van der Waals surface area (Å²) in [5, 5.41) is 10.2. The highest BCUT2D eigenvalue weighted by Crippen LogP contribution is 2.49. The van der Waals surface area contributed by atoms with Crippen LogP contribution < -0.4 is 4.90 Å². The van der Waals surface area contributed by atoms with E-state index < -0.39 is 0 Å². The molecule has 1 fully saturated rings. The third-order valence-electron chi connectivity index (χ3n) is 6.64. The number of hydrogen-bond donors (Lipinski definition) is 1. The first kappa shape index (κ1) is 18.8. The van der Waals surface area contributed by atoms with Crippen LogP contribution in [0.2, 0.25) is 0 Å². The zero-order valence-electron chi connectivity index (χ0n) is 17.0. The fourth-order valence-corrected chi connectivity index (χ4v) is 5.15. The number of rotatable bonds is 3. The van der Waals surface area contributed by atoms with Gasteiger partial charge >= 0.3 is 0 Å². The van der Waals surface area contributed by atoms with Crippen molar-refractivity contribution < 1.29 is 9.90 Å². The molecule has 0 aliphatic carbocycles. The number of nitrogens with zero attached hydrogens (tertiary/aromatic N) is 3. The fraction of sp³-hybridized carbons (Fsp3) is 0.280. The summed E-state index contributed by atoms with van der Waals surface area (Å²) in [5.41, 5.74) is 5.21. The van der Waals surface area contributed by atoms with E-state index in [9.17, 15) is 9.90 Å². The van der Waals surface area contributed by atoms with E-state index >= 15 is 0 Å². The number of anilines is 1. The quantitative estimate of drug-likeness (QED) is 0.729. The maximum absolute atomic E-state index is 13.4. The first-order valence-electron chi connectivity index (χ1n) is 10.4. The van der Waals surface area contributed by atoms with Gasteiger partial charge in [-0.25, -0.2) is 0 Å². The maximum Gasteiger partial charge on any atom is 0.254 e. The first-order valence-corrected chi connectivity index (χ1v) is 10.4. The number of carbonyl (C=O) groups is 1. The first-order chi connectivity index (χ1) is 14.7. The highest BCUT2D eigenvalue weighted by Gasteiger charge is 2.47. The molecular formula is C25H25N3O2. The minimum absolute atomic E-state index is 0.000292. The van der Waals surface area contributed by atoms with E-state index in [1.54, 1.807) is 24.5 Å². The van der Waals surface area contributed by atoms with Crippen LogP contribution in [0.1, 0.15) is 28.4 Å². The van der Waals surface area contributed by atoms with Gasteiger partial charge < -0.3 is 14.9 Å². The van der Waals surface area contributed by atoms with Gasteiger partial charge in [0.1, 0.15) is 0 Å². The van der Waals surface area contributed by atoms with Crippen LogP contribution >= 0.6 is 0 Å². The van der Waals surface area contributed by atoms with Gasteiger partial charge in [-0.2, -0.15) is 0 Å². The number of amides is 1. The zero-order chi connectivity index (χ0) is 20.7. The summed E-state index contributed by atoms with van der Waals surface area (Å²) in [6, 6.07) is 20.3.